The molecule has 0 saturated heterocycles. The van der Waals surface area contributed by atoms with Gasteiger partial charge in [-0.15, -0.1) is 0 Å². The summed E-state index contributed by atoms with van der Waals surface area (Å²) in [5.41, 5.74) is -1.03. The average molecular weight is 747 g/mol. The molecule has 0 fully saturated rings. The van der Waals surface area contributed by atoms with Crippen LogP contribution in [0.3, 0.4) is 0 Å². The summed E-state index contributed by atoms with van der Waals surface area (Å²) >= 11 is 0. The van der Waals surface area contributed by atoms with Crippen molar-refractivity contribution in [3.05, 3.63) is 97.1 Å². The Bertz CT molecular complexity index is 1910. The second-order valence-electron chi connectivity index (χ2n) is 10.1. The largest absolute Gasteiger partial charge is 0.294 e. The van der Waals surface area contributed by atoms with Gasteiger partial charge in [-0.2, -0.15) is 33.7 Å². The van der Waals surface area contributed by atoms with E-state index in [1.807, 2.05) is 0 Å². The first-order valence-corrected chi connectivity index (χ1v) is 21.6. The van der Waals surface area contributed by atoms with Crippen molar-refractivity contribution in [2.24, 2.45) is 0 Å². The van der Waals surface area contributed by atoms with Crippen LogP contribution in [-0.4, -0.2) is 63.2 Å². The molecular weight excluding hydrogens is 719 g/mol. The monoisotopic (exact) mass is 746 g/mol. The van der Waals surface area contributed by atoms with E-state index in [1.165, 1.54) is 72.8 Å². The average Bonchev–Trinajstić information content (AvgIpc) is 2.96. The summed E-state index contributed by atoms with van der Waals surface area (Å²) in [7, 11) is -22.0. The van der Waals surface area contributed by atoms with Crippen LogP contribution in [0.5, 0.6) is 0 Å². The second kappa shape index (κ2) is 13.5. The van der Waals surface area contributed by atoms with Crippen LogP contribution in [0.15, 0.2) is 117 Å². The lowest BCUT2D eigenvalue weighted by molar-refractivity contribution is 0.481. The first-order chi connectivity index (χ1) is 21.2. The molecule has 0 radical (unpaired) electrons. The van der Waals surface area contributed by atoms with E-state index < -0.39 is 87.2 Å². The second-order valence-corrected chi connectivity index (χ2v) is 21.0. The molecule has 0 aliphatic heterocycles. The number of rotatable bonds is 11. The van der Waals surface area contributed by atoms with E-state index in [0.29, 0.717) is 21.2 Å². The molecule has 4 aromatic rings. The maximum Gasteiger partial charge on any atom is 0.294 e. The van der Waals surface area contributed by atoms with Gasteiger partial charge in [0.15, 0.2) is 0 Å². The highest BCUT2D eigenvalue weighted by atomic mass is 32.2. The molecule has 0 spiro atoms. The number of benzene rings is 4. The van der Waals surface area contributed by atoms with Gasteiger partial charge in [0.25, 0.3) is 40.5 Å². The standard InChI is InChI=1S/C28H28O12P2S4/c1-19(41(21-7-3-11-25(15-21)43(29,30)31)22-8-4-12-26(16-22)44(32,33)34)20(2)42(23-9-5-13-27(17-23)45(35,36)37)24-10-6-14-28(18-24)46(38,39)40/h3-20H,1-2H3,(H,29,30,31)(H,32,33,34)(H,35,36,37)(H,38,39,40). The van der Waals surface area contributed by atoms with E-state index in [-0.39, 0.29) is 0 Å². The summed E-state index contributed by atoms with van der Waals surface area (Å²) in [6.45, 7) is 3.59. The minimum atomic E-state index is -4.64. The van der Waals surface area contributed by atoms with Crippen LogP contribution in [0.25, 0.3) is 0 Å². The molecule has 0 bridgehead atoms. The molecule has 4 aromatic carbocycles. The van der Waals surface area contributed by atoms with Crippen LogP contribution in [0.2, 0.25) is 0 Å². The minimum absolute atomic E-state index is 0.408. The molecule has 12 nitrogen and oxygen atoms in total. The highest BCUT2D eigenvalue weighted by Gasteiger charge is 2.34. The van der Waals surface area contributed by atoms with Gasteiger partial charge in [0.05, 0.1) is 19.6 Å². The molecule has 2 unspecified atom stereocenters. The maximum atomic E-state index is 12.1. The van der Waals surface area contributed by atoms with E-state index in [1.54, 1.807) is 38.1 Å². The van der Waals surface area contributed by atoms with Gasteiger partial charge in [-0.3, -0.25) is 18.2 Å². The zero-order valence-corrected chi connectivity index (χ0v) is 29.0. The number of hydrogen-bond acceptors (Lipinski definition) is 8. The summed E-state index contributed by atoms with van der Waals surface area (Å²) in [5.74, 6) is 0. The fourth-order valence-electron chi connectivity index (χ4n) is 4.85. The van der Waals surface area contributed by atoms with Gasteiger partial charge in [0.1, 0.15) is 0 Å². The first kappa shape index (κ1) is 36.2. The van der Waals surface area contributed by atoms with Crippen LogP contribution >= 0.6 is 15.8 Å². The van der Waals surface area contributed by atoms with Crippen molar-refractivity contribution in [2.45, 2.75) is 44.7 Å². The normalized spacial score (nSPS) is 14.3. The molecule has 18 heteroatoms. The molecule has 0 saturated carbocycles. The zero-order valence-electron chi connectivity index (χ0n) is 24.0. The minimum Gasteiger partial charge on any atom is -0.282 e. The highest BCUT2D eigenvalue weighted by molar-refractivity contribution is 7.87. The van der Waals surface area contributed by atoms with Crippen molar-refractivity contribution in [1.82, 2.24) is 0 Å². The van der Waals surface area contributed by atoms with Gasteiger partial charge in [0.2, 0.25) is 0 Å². The predicted molar refractivity (Wildman–Crippen MR) is 176 cm³/mol. The van der Waals surface area contributed by atoms with Gasteiger partial charge in [-0.1, -0.05) is 62.4 Å². The maximum absolute atomic E-state index is 12.1. The Hall–Kier alpha value is -2.62. The topological polar surface area (TPSA) is 217 Å². The Balaban J connectivity index is 1.99. The zero-order chi connectivity index (χ0) is 34.2. The smallest absolute Gasteiger partial charge is 0.282 e. The first-order valence-electron chi connectivity index (χ1n) is 13.1. The van der Waals surface area contributed by atoms with E-state index in [4.69, 9.17) is 0 Å². The van der Waals surface area contributed by atoms with E-state index in [0.717, 1.165) is 0 Å². The summed E-state index contributed by atoms with van der Waals surface area (Å²) in [6.07, 6.45) is 0. The Kier molecular flexibility index (Phi) is 10.6. The Labute approximate surface area is 270 Å². The number of hydrogen-bond donors (Lipinski definition) is 4. The van der Waals surface area contributed by atoms with Gasteiger partial charge >= 0.3 is 0 Å². The Morgan fingerprint density at radius 1 is 0.413 bits per heavy atom. The fourth-order valence-corrected chi connectivity index (χ4v) is 13.5. The summed E-state index contributed by atoms with van der Waals surface area (Å²) in [5, 5.41) is 1.63. The quantitative estimate of drug-likeness (QED) is 0.129. The highest BCUT2D eigenvalue weighted by Crippen LogP contribution is 2.52. The molecule has 0 aliphatic carbocycles. The third kappa shape index (κ3) is 8.45. The van der Waals surface area contributed by atoms with Crippen LogP contribution in [0.4, 0.5) is 0 Å². The molecule has 246 valence electrons. The molecule has 0 heterocycles. The molecule has 0 aromatic heterocycles. The van der Waals surface area contributed by atoms with E-state index in [2.05, 4.69) is 0 Å². The van der Waals surface area contributed by atoms with Crippen LogP contribution in [0.1, 0.15) is 13.8 Å². The van der Waals surface area contributed by atoms with Crippen molar-refractivity contribution in [1.29, 1.82) is 0 Å². The SMILES string of the molecule is CC(C(C)P(c1cccc(S(=O)(=O)O)c1)c1cccc(S(=O)(=O)O)c1)P(c1cccc(S(=O)(=O)O)c1)c1cccc(S(=O)(=O)O)c1. The lowest BCUT2D eigenvalue weighted by Crippen LogP contribution is -2.32. The van der Waals surface area contributed by atoms with Crippen molar-refractivity contribution < 1.29 is 51.9 Å². The van der Waals surface area contributed by atoms with Crippen molar-refractivity contribution >= 4 is 77.5 Å². The fraction of sp³-hybridized carbons (Fsp3) is 0.143. The summed E-state index contributed by atoms with van der Waals surface area (Å²) < 4.78 is 135. The van der Waals surface area contributed by atoms with Crippen LogP contribution < -0.4 is 21.2 Å². The predicted octanol–water partition coefficient (Wildman–Crippen LogP) is 3.02. The summed E-state index contributed by atoms with van der Waals surface area (Å²) in [6, 6.07) is 21.8. The molecule has 46 heavy (non-hydrogen) atoms. The van der Waals surface area contributed by atoms with Gasteiger partial charge in [-0.05, 0) is 96.9 Å². The Morgan fingerprint density at radius 3 is 0.783 bits per heavy atom. The lowest BCUT2D eigenvalue weighted by atomic mass is 10.3. The molecule has 4 rings (SSSR count). The lowest BCUT2D eigenvalue weighted by Gasteiger charge is -2.36. The van der Waals surface area contributed by atoms with Crippen molar-refractivity contribution in [3.63, 3.8) is 0 Å². The van der Waals surface area contributed by atoms with Gasteiger partial charge < -0.3 is 0 Å². The molecule has 4 N–H and O–H groups in total. The van der Waals surface area contributed by atoms with Crippen LogP contribution in [-0.2, 0) is 40.5 Å². The van der Waals surface area contributed by atoms with Crippen molar-refractivity contribution in [3.8, 4) is 0 Å². The van der Waals surface area contributed by atoms with Gasteiger partial charge in [0, 0.05) is 0 Å². The van der Waals surface area contributed by atoms with Crippen molar-refractivity contribution in [2.75, 3.05) is 0 Å². The molecular formula is C28H28O12P2S4. The Morgan fingerprint density at radius 2 is 0.609 bits per heavy atom. The summed E-state index contributed by atoms with van der Waals surface area (Å²) in [4.78, 5) is -1.64. The molecule has 2 atom stereocenters. The molecule has 0 amide bonds. The van der Waals surface area contributed by atoms with E-state index in [9.17, 15) is 51.9 Å². The molecule has 0 aliphatic rings. The van der Waals surface area contributed by atoms with E-state index >= 15 is 0 Å². The van der Waals surface area contributed by atoms with Crippen LogP contribution in [0, 0.1) is 0 Å². The van der Waals surface area contributed by atoms with Gasteiger partial charge in [-0.25, -0.2) is 0 Å². The third-order valence-corrected chi connectivity index (χ3v) is 16.6. The third-order valence-electron chi connectivity index (χ3n) is 7.09.